The molecule has 33 heavy (non-hydrogen) atoms. The molecule has 2 N–H and O–H groups in total. The van der Waals surface area contributed by atoms with Gasteiger partial charge in [0.1, 0.15) is 5.60 Å². The molecule has 0 aromatic carbocycles. The number of ether oxygens (including phenoxy) is 1. The Morgan fingerprint density at radius 2 is 1.85 bits per heavy atom. The maximum absolute atomic E-state index is 13.3. The molecule has 0 aliphatic heterocycles. The van der Waals surface area contributed by atoms with Crippen LogP contribution in [0.15, 0.2) is 11.6 Å². The van der Waals surface area contributed by atoms with Crippen LogP contribution < -0.4 is 0 Å². The van der Waals surface area contributed by atoms with Gasteiger partial charge in [-0.15, -0.1) is 0 Å². The van der Waals surface area contributed by atoms with Crippen LogP contribution in [-0.4, -0.2) is 46.1 Å². The number of fused-ring (bicyclic) bond motifs is 5. The van der Waals surface area contributed by atoms with E-state index in [1.807, 2.05) is 26.8 Å². The molecule has 0 amide bonds. The van der Waals surface area contributed by atoms with Gasteiger partial charge in [-0.1, -0.05) is 33.3 Å². The van der Waals surface area contributed by atoms with Gasteiger partial charge in [0.05, 0.1) is 12.0 Å². The van der Waals surface area contributed by atoms with Gasteiger partial charge in [-0.05, 0) is 80.6 Å². The molecular weight excluding hydrogens is 420 g/mol. The lowest BCUT2D eigenvalue weighted by atomic mass is 9.45. The molecule has 0 aromatic rings. The van der Waals surface area contributed by atoms with E-state index in [-0.39, 0.29) is 40.8 Å². The number of carbonyl (C=O) groups is 3. The van der Waals surface area contributed by atoms with E-state index in [2.05, 4.69) is 6.92 Å². The molecule has 0 spiro atoms. The first-order valence-electron chi connectivity index (χ1n) is 12.9. The molecule has 0 aromatic heterocycles. The smallest absolute Gasteiger partial charge is 0.309 e. The van der Waals surface area contributed by atoms with Gasteiger partial charge in [-0.2, -0.15) is 0 Å². The Bertz CT molecular complexity index is 859. The van der Waals surface area contributed by atoms with Crippen LogP contribution in [0, 0.1) is 34.5 Å². The average Bonchev–Trinajstić information content (AvgIpc) is 3.04. The van der Waals surface area contributed by atoms with E-state index in [4.69, 9.17) is 4.74 Å². The van der Waals surface area contributed by atoms with Crippen molar-refractivity contribution < 1.29 is 29.3 Å². The largest absolute Gasteiger partial charge is 0.457 e. The summed E-state index contributed by atoms with van der Waals surface area (Å²) in [4.78, 5) is 37.6. The van der Waals surface area contributed by atoms with Crippen molar-refractivity contribution in [2.24, 2.45) is 34.5 Å². The van der Waals surface area contributed by atoms with Crippen molar-refractivity contribution >= 4 is 17.5 Å². The molecule has 4 aliphatic carbocycles. The molecule has 3 saturated carbocycles. The van der Waals surface area contributed by atoms with Crippen LogP contribution in [0.25, 0.3) is 0 Å². The second-order valence-electron chi connectivity index (χ2n) is 11.5. The van der Waals surface area contributed by atoms with Gasteiger partial charge >= 0.3 is 5.97 Å². The summed E-state index contributed by atoms with van der Waals surface area (Å²) in [6, 6.07) is 0. The number of carbonyl (C=O) groups excluding carboxylic acids is 3. The number of hydrogen-bond donors (Lipinski definition) is 2. The lowest BCUT2D eigenvalue weighted by Gasteiger charge is -2.60. The summed E-state index contributed by atoms with van der Waals surface area (Å²) in [5, 5.41) is 23.1. The molecule has 4 aliphatic rings. The number of ketones is 2. The molecule has 3 fully saturated rings. The molecule has 0 saturated heterocycles. The van der Waals surface area contributed by atoms with Crippen molar-refractivity contribution in [3.8, 4) is 0 Å². The predicted octanol–water partition coefficient (Wildman–Crippen LogP) is 3.77. The van der Waals surface area contributed by atoms with Crippen LogP contribution in [0.2, 0.25) is 0 Å². The molecule has 4 rings (SSSR count). The molecule has 7 atom stereocenters. The highest BCUT2D eigenvalue weighted by Gasteiger charge is 2.68. The van der Waals surface area contributed by atoms with Gasteiger partial charge in [-0.25, -0.2) is 0 Å². The van der Waals surface area contributed by atoms with Gasteiger partial charge < -0.3 is 14.9 Å². The van der Waals surface area contributed by atoms with Crippen molar-refractivity contribution in [2.45, 2.75) is 97.2 Å². The predicted molar refractivity (Wildman–Crippen MR) is 123 cm³/mol. The van der Waals surface area contributed by atoms with Crippen LogP contribution in [-0.2, 0) is 19.1 Å². The third-order valence-corrected chi connectivity index (χ3v) is 10.2. The van der Waals surface area contributed by atoms with E-state index >= 15 is 0 Å². The van der Waals surface area contributed by atoms with E-state index in [9.17, 15) is 24.6 Å². The highest BCUT2D eigenvalue weighted by atomic mass is 16.5. The average molecular weight is 461 g/mol. The summed E-state index contributed by atoms with van der Waals surface area (Å²) in [5.74, 6) is -0.526. The number of aliphatic hydroxyl groups is 2. The van der Waals surface area contributed by atoms with Gasteiger partial charge in [0.2, 0.25) is 5.78 Å². The van der Waals surface area contributed by atoms with Crippen LogP contribution in [0.4, 0.5) is 0 Å². The maximum Gasteiger partial charge on any atom is 0.309 e. The zero-order valence-electron chi connectivity index (χ0n) is 20.6. The number of rotatable bonds is 6. The molecule has 0 bridgehead atoms. The number of aliphatic hydroxyl groups excluding tert-OH is 1. The summed E-state index contributed by atoms with van der Waals surface area (Å²) in [6.07, 6.45) is 6.85. The molecule has 0 unspecified atom stereocenters. The second kappa shape index (κ2) is 8.60. The summed E-state index contributed by atoms with van der Waals surface area (Å²) < 4.78 is 5.33. The fourth-order valence-corrected chi connectivity index (χ4v) is 8.15. The van der Waals surface area contributed by atoms with Gasteiger partial charge in [0, 0.05) is 11.8 Å². The minimum atomic E-state index is -1.60. The van der Waals surface area contributed by atoms with E-state index in [0.717, 1.165) is 25.7 Å². The van der Waals surface area contributed by atoms with Gasteiger partial charge in [0.15, 0.2) is 12.4 Å². The fourth-order valence-electron chi connectivity index (χ4n) is 8.15. The SMILES string of the molecule is CCC(CC)C(=O)OCC(=O)[C@@]1(O)CC[C@H]2[C@@H]3CCC4=CC(=O)CC[C@]4(C)[C@H]3[C@@H](O)C[C@@]21C. The number of Topliss-reactive ketones (excluding diaryl/α,β-unsaturated/α-hetero) is 1. The Morgan fingerprint density at radius 1 is 1.15 bits per heavy atom. The van der Waals surface area contributed by atoms with Gasteiger partial charge in [-0.3, -0.25) is 14.4 Å². The number of hydrogen-bond acceptors (Lipinski definition) is 6. The Labute approximate surface area is 197 Å². The zero-order valence-corrected chi connectivity index (χ0v) is 20.6. The van der Waals surface area contributed by atoms with Crippen LogP contribution in [0.3, 0.4) is 0 Å². The first-order valence-corrected chi connectivity index (χ1v) is 12.9. The normalized spacial score (nSPS) is 42.3. The van der Waals surface area contributed by atoms with E-state index in [1.165, 1.54) is 5.57 Å². The highest BCUT2D eigenvalue weighted by molar-refractivity contribution is 5.92. The Hall–Kier alpha value is -1.53. The van der Waals surface area contributed by atoms with Crippen molar-refractivity contribution in [1.82, 2.24) is 0 Å². The third kappa shape index (κ3) is 3.63. The quantitative estimate of drug-likeness (QED) is 0.585. The van der Waals surface area contributed by atoms with E-state index < -0.39 is 29.5 Å². The molecule has 6 nitrogen and oxygen atoms in total. The van der Waals surface area contributed by atoms with Crippen LogP contribution >= 0.6 is 0 Å². The summed E-state index contributed by atoms with van der Waals surface area (Å²) >= 11 is 0. The Kier molecular flexibility index (Phi) is 6.41. The van der Waals surface area contributed by atoms with Crippen molar-refractivity contribution in [3.05, 3.63) is 11.6 Å². The fraction of sp³-hybridized carbons (Fsp3) is 0.815. The molecule has 0 radical (unpaired) electrons. The Morgan fingerprint density at radius 3 is 2.52 bits per heavy atom. The zero-order chi connectivity index (χ0) is 24.2. The minimum Gasteiger partial charge on any atom is -0.457 e. The van der Waals surface area contributed by atoms with E-state index in [0.29, 0.717) is 32.1 Å². The molecule has 6 heteroatoms. The number of allylic oxidation sites excluding steroid dienone is 1. The minimum absolute atomic E-state index is 0.0359. The molecule has 184 valence electrons. The molecular formula is C27H40O6. The van der Waals surface area contributed by atoms with E-state index in [1.54, 1.807) is 0 Å². The molecule has 0 heterocycles. The summed E-state index contributed by atoms with van der Waals surface area (Å²) in [7, 11) is 0. The summed E-state index contributed by atoms with van der Waals surface area (Å²) in [6.45, 7) is 7.56. The second-order valence-corrected chi connectivity index (χ2v) is 11.5. The monoisotopic (exact) mass is 460 g/mol. The topological polar surface area (TPSA) is 101 Å². The lowest BCUT2D eigenvalue weighted by Crippen LogP contribution is -2.62. The van der Waals surface area contributed by atoms with Gasteiger partial charge in [0.25, 0.3) is 0 Å². The van der Waals surface area contributed by atoms with Crippen molar-refractivity contribution in [1.29, 1.82) is 0 Å². The first kappa shape index (κ1) is 24.6. The first-order chi connectivity index (χ1) is 15.5. The summed E-state index contributed by atoms with van der Waals surface area (Å²) in [5.41, 5.74) is -1.39. The van der Waals surface area contributed by atoms with Crippen LogP contribution in [0.5, 0.6) is 0 Å². The van der Waals surface area contributed by atoms with Crippen LogP contribution in [0.1, 0.15) is 85.5 Å². The van der Waals surface area contributed by atoms with Crippen molar-refractivity contribution in [3.63, 3.8) is 0 Å². The van der Waals surface area contributed by atoms with Crippen molar-refractivity contribution in [2.75, 3.05) is 6.61 Å². The lowest BCUT2D eigenvalue weighted by molar-refractivity contribution is -0.185. The standard InChI is InChI=1S/C27H40O6/c1-5-16(6-2)24(31)33-15-22(30)27(32)12-10-20-19-8-7-17-13-18(28)9-11-25(17,3)23(19)21(29)14-26(20,27)4/h13,16,19-21,23,29,32H,5-12,14-15H2,1-4H3/t19-,20-,21-,23+,25-,26-,27-/m0/s1. The third-order valence-electron chi connectivity index (χ3n) is 10.2. The Balaban J connectivity index is 1.56. The maximum atomic E-state index is 13.3. The highest BCUT2D eigenvalue weighted by Crippen LogP contribution is 2.67. The number of esters is 1.